The van der Waals surface area contributed by atoms with Crippen molar-refractivity contribution in [3.05, 3.63) is 0 Å². The number of hydrogen-bond donors (Lipinski definition) is 1. The molecular weight excluding hydrogens is 210 g/mol. The first-order valence-corrected chi connectivity index (χ1v) is 7.18. The third kappa shape index (κ3) is 3.21. The van der Waals surface area contributed by atoms with Gasteiger partial charge in [0.25, 0.3) is 0 Å². The molecule has 3 nitrogen and oxygen atoms in total. The van der Waals surface area contributed by atoms with E-state index >= 15 is 0 Å². The molecular formula is C14H29N3. The fourth-order valence-electron chi connectivity index (χ4n) is 3.96. The summed E-state index contributed by atoms with van der Waals surface area (Å²) in [7, 11) is 6.78. The number of nitrogens with two attached hydrogens (primary N) is 1. The summed E-state index contributed by atoms with van der Waals surface area (Å²) in [6.45, 7) is 2.56. The molecule has 0 radical (unpaired) electrons. The minimum atomic E-state index is 0.473. The van der Waals surface area contributed by atoms with Crippen molar-refractivity contribution in [3.63, 3.8) is 0 Å². The highest BCUT2D eigenvalue weighted by Gasteiger charge is 2.36. The van der Waals surface area contributed by atoms with Gasteiger partial charge in [-0.2, -0.15) is 0 Å². The quantitative estimate of drug-likeness (QED) is 0.808. The summed E-state index contributed by atoms with van der Waals surface area (Å²) >= 11 is 0. The second kappa shape index (κ2) is 5.68. The zero-order valence-electron chi connectivity index (χ0n) is 11.7. The van der Waals surface area contributed by atoms with E-state index in [9.17, 15) is 0 Å². The van der Waals surface area contributed by atoms with E-state index in [1.54, 1.807) is 0 Å². The van der Waals surface area contributed by atoms with Gasteiger partial charge in [-0.05, 0) is 71.6 Å². The molecule has 0 amide bonds. The molecule has 0 aromatic carbocycles. The molecule has 2 atom stereocenters. The maximum Gasteiger partial charge on any atom is 0.0158 e. The van der Waals surface area contributed by atoms with Crippen LogP contribution in [-0.2, 0) is 0 Å². The fraction of sp³-hybridized carbons (Fsp3) is 1.00. The SMILES string of the molecule is CN1CCC(C(C2CCC(N)CC2)N(C)C)C1. The number of likely N-dealkylation sites (tertiary alicyclic amines) is 1. The summed E-state index contributed by atoms with van der Waals surface area (Å²) in [5, 5.41) is 0. The van der Waals surface area contributed by atoms with Gasteiger partial charge in [0.05, 0.1) is 0 Å². The van der Waals surface area contributed by atoms with Crippen LogP contribution in [0.1, 0.15) is 32.1 Å². The van der Waals surface area contributed by atoms with E-state index in [0.717, 1.165) is 17.9 Å². The Hall–Kier alpha value is -0.120. The number of rotatable bonds is 3. The lowest BCUT2D eigenvalue weighted by Crippen LogP contribution is -2.44. The molecule has 0 aromatic heterocycles. The standard InChI is InChI=1S/C14H29N3/c1-16(2)14(12-8-9-17(3)10-12)11-4-6-13(15)7-5-11/h11-14H,4-10,15H2,1-3H3. The summed E-state index contributed by atoms with van der Waals surface area (Å²) in [5.41, 5.74) is 6.03. The minimum Gasteiger partial charge on any atom is -0.328 e. The molecule has 1 aliphatic heterocycles. The van der Waals surface area contributed by atoms with Crippen LogP contribution in [-0.4, -0.2) is 56.1 Å². The lowest BCUT2D eigenvalue weighted by atomic mass is 9.76. The topological polar surface area (TPSA) is 32.5 Å². The van der Waals surface area contributed by atoms with Gasteiger partial charge in [0, 0.05) is 18.6 Å². The van der Waals surface area contributed by atoms with E-state index in [2.05, 4.69) is 30.9 Å². The van der Waals surface area contributed by atoms with Gasteiger partial charge < -0.3 is 15.5 Å². The van der Waals surface area contributed by atoms with Crippen molar-refractivity contribution >= 4 is 0 Å². The van der Waals surface area contributed by atoms with Crippen LogP contribution in [0.5, 0.6) is 0 Å². The van der Waals surface area contributed by atoms with E-state index in [1.165, 1.54) is 45.2 Å². The third-order valence-electron chi connectivity index (χ3n) is 4.81. The lowest BCUT2D eigenvalue weighted by molar-refractivity contribution is 0.111. The van der Waals surface area contributed by atoms with Crippen LogP contribution < -0.4 is 5.73 Å². The molecule has 1 saturated heterocycles. The average Bonchev–Trinajstić information content (AvgIpc) is 2.68. The Kier molecular flexibility index (Phi) is 4.45. The van der Waals surface area contributed by atoms with Crippen molar-refractivity contribution < 1.29 is 0 Å². The highest BCUT2D eigenvalue weighted by Crippen LogP contribution is 2.34. The molecule has 1 heterocycles. The molecule has 3 heteroatoms. The molecule has 17 heavy (non-hydrogen) atoms. The highest BCUT2D eigenvalue weighted by atomic mass is 15.2. The van der Waals surface area contributed by atoms with Gasteiger partial charge in [0.15, 0.2) is 0 Å². The monoisotopic (exact) mass is 239 g/mol. The van der Waals surface area contributed by atoms with Gasteiger partial charge in [-0.15, -0.1) is 0 Å². The molecule has 0 aromatic rings. The second-order valence-corrected chi connectivity index (χ2v) is 6.44. The van der Waals surface area contributed by atoms with E-state index in [-0.39, 0.29) is 0 Å². The first-order valence-electron chi connectivity index (χ1n) is 7.18. The van der Waals surface area contributed by atoms with Gasteiger partial charge in [0.1, 0.15) is 0 Å². The minimum absolute atomic E-state index is 0.473. The zero-order valence-corrected chi connectivity index (χ0v) is 11.7. The molecule has 0 bridgehead atoms. The van der Waals surface area contributed by atoms with Crippen LogP contribution in [0.4, 0.5) is 0 Å². The summed E-state index contributed by atoms with van der Waals surface area (Å²) in [4.78, 5) is 4.96. The van der Waals surface area contributed by atoms with Gasteiger partial charge in [-0.1, -0.05) is 0 Å². The molecule has 1 aliphatic carbocycles. The molecule has 0 spiro atoms. The van der Waals surface area contributed by atoms with Gasteiger partial charge in [0.2, 0.25) is 0 Å². The second-order valence-electron chi connectivity index (χ2n) is 6.44. The van der Waals surface area contributed by atoms with Crippen LogP contribution in [0.2, 0.25) is 0 Å². The van der Waals surface area contributed by atoms with Crippen molar-refractivity contribution in [2.24, 2.45) is 17.6 Å². The summed E-state index contributed by atoms with van der Waals surface area (Å²) in [6.07, 6.45) is 6.52. The van der Waals surface area contributed by atoms with Crippen LogP contribution in [0.3, 0.4) is 0 Å². The van der Waals surface area contributed by atoms with Crippen molar-refractivity contribution in [2.75, 3.05) is 34.2 Å². The van der Waals surface area contributed by atoms with Crippen molar-refractivity contribution in [2.45, 2.75) is 44.2 Å². The summed E-state index contributed by atoms with van der Waals surface area (Å²) < 4.78 is 0. The van der Waals surface area contributed by atoms with Gasteiger partial charge in [-0.25, -0.2) is 0 Å². The Balaban J connectivity index is 1.97. The first kappa shape index (κ1) is 13.3. The Morgan fingerprint density at radius 2 is 1.71 bits per heavy atom. The normalized spacial score (nSPS) is 37.6. The predicted octanol–water partition coefficient (Wildman–Crippen LogP) is 1.39. The maximum atomic E-state index is 6.03. The average molecular weight is 239 g/mol. The number of nitrogens with zero attached hydrogens (tertiary/aromatic N) is 2. The van der Waals surface area contributed by atoms with Crippen LogP contribution in [0.25, 0.3) is 0 Å². The molecule has 2 unspecified atom stereocenters. The Labute approximate surface area is 106 Å². The first-order chi connectivity index (χ1) is 8.08. The van der Waals surface area contributed by atoms with E-state index in [1.807, 2.05) is 0 Å². The highest BCUT2D eigenvalue weighted by molar-refractivity contribution is 4.91. The van der Waals surface area contributed by atoms with Crippen LogP contribution >= 0.6 is 0 Å². The van der Waals surface area contributed by atoms with Crippen molar-refractivity contribution in [1.82, 2.24) is 9.80 Å². The van der Waals surface area contributed by atoms with E-state index in [0.29, 0.717) is 6.04 Å². The molecule has 2 aliphatic rings. The molecule has 100 valence electrons. The predicted molar refractivity (Wildman–Crippen MR) is 73.0 cm³/mol. The summed E-state index contributed by atoms with van der Waals surface area (Å²) in [5.74, 6) is 1.75. The van der Waals surface area contributed by atoms with E-state index in [4.69, 9.17) is 5.73 Å². The third-order valence-corrected chi connectivity index (χ3v) is 4.81. The Morgan fingerprint density at radius 1 is 1.06 bits per heavy atom. The number of hydrogen-bond acceptors (Lipinski definition) is 3. The molecule has 2 rings (SSSR count). The Bertz CT molecular complexity index is 234. The lowest BCUT2D eigenvalue weighted by Gasteiger charge is -2.40. The van der Waals surface area contributed by atoms with Gasteiger partial charge in [-0.3, -0.25) is 0 Å². The molecule has 2 N–H and O–H groups in total. The van der Waals surface area contributed by atoms with Crippen LogP contribution in [0, 0.1) is 11.8 Å². The molecule has 1 saturated carbocycles. The maximum absolute atomic E-state index is 6.03. The van der Waals surface area contributed by atoms with Crippen LogP contribution in [0.15, 0.2) is 0 Å². The Morgan fingerprint density at radius 3 is 2.18 bits per heavy atom. The largest absolute Gasteiger partial charge is 0.328 e. The fourth-order valence-corrected chi connectivity index (χ4v) is 3.96. The van der Waals surface area contributed by atoms with E-state index < -0.39 is 0 Å². The molecule has 2 fully saturated rings. The van der Waals surface area contributed by atoms with Crippen molar-refractivity contribution in [1.29, 1.82) is 0 Å². The zero-order chi connectivity index (χ0) is 12.4. The summed E-state index contributed by atoms with van der Waals surface area (Å²) in [6, 6.07) is 1.24. The van der Waals surface area contributed by atoms with Gasteiger partial charge >= 0.3 is 0 Å². The smallest absolute Gasteiger partial charge is 0.0158 e. The van der Waals surface area contributed by atoms with Crippen molar-refractivity contribution in [3.8, 4) is 0 Å².